The lowest BCUT2D eigenvalue weighted by Crippen LogP contribution is -2.41. The summed E-state index contributed by atoms with van der Waals surface area (Å²) >= 11 is 0. The topological polar surface area (TPSA) is 79.9 Å². The molecule has 0 saturated carbocycles. The molecule has 5 rings (SSSR count). The van der Waals surface area contributed by atoms with E-state index in [1.807, 2.05) is 32.1 Å². The van der Waals surface area contributed by atoms with Crippen LogP contribution in [-0.4, -0.2) is 61.7 Å². The van der Waals surface area contributed by atoms with E-state index < -0.39 is 11.4 Å². The van der Waals surface area contributed by atoms with Crippen LogP contribution < -0.4 is 10.6 Å². The Hall–Kier alpha value is -3.49. The molecule has 35 heavy (non-hydrogen) atoms. The van der Waals surface area contributed by atoms with E-state index in [4.69, 9.17) is 9.47 Å². The second-order valence-corrected chi connectivity index (χ2v) is 9.34. The van der Waals surface area contributed by atoms with E-state index >= 15 is 0 Å². The molecular formula is C27H28FN3O4. The van der Waals surface area contributed by atoms with Gasteiger partial charge in [-0.25, -0.2) is 4.39 Å². The summed E-state index contributed by atoms with van der Waals surface area (Å²) in [5, 5.41) is 5.68. The van der Waals surface area contributed by atoms with E-state index in [9.17, 15) is 14.0 Å². The molecule has 3 heterocycles. The number of carbonyl (C=O) groups is 2. The molecule has 0 aliphatic carbocycles. The predicted octanol–water partition coefficient (Wildman–Crippen LogP) is 3.44. The number of rotatable bonds is 5. The lowest BCUT2D eigenvalue weighted by molar-refractivity contribution is -0.111. The first kappa shape index (κ1) is 23.3. The highest BCUT2D eigenvalue weighted by atomic mass is 19.1. The summed E-state index contributed by atoms with van der Waals surface area (Å²) < 4.78 is 25.1. The SMILES string of the molecule is CC1(C)OC(=C2C(=O)Nc3cc(F)ccc32)C=C1c1ccc(C(=O)NCCN2CCOCC2)cc1. The standard InChI is InChI=1S/C27H28FN3O4/c1-27(2)21(16-23(35-27)24-20-8-7-19(28)15-22(20)30-26(24)33)17-3-5-18(6-4-17)25(32)29-9-10-31-11-13-34-14-12-31/h3-8,15-16H,9-14H2,1-2H3,(H,29,32)(H,30,33). The molecule has 182 valence electrons. The Bertz CT molecular complexity index is 1230. The number of fused-ring (bicyclic) bond motifs is 1. The van der Waals surface area contributed by atoms with Gasteiger partial charge in [0.1, 0.15) is 17.2 Å². The summed E-state index contributed by atoms with van der Waals surface area (Å²) in [7, 11) is 0. The third kappa shape index (κ3) is 4.72. The highest BCUT2D eigenvalue weighted by Crippen LogP contribution is 2.44. The van der Waals surface area contributed by atoms with Gasteiger partial charge in [-0.05, 0) is 55.8 Å². The van der Waals surface area contributed by atoms with Gasteiger partial charge in [-0.15, -0.1) is 0 Å². The van der Waals surface area contributed by atoms with Crippen LogP contribution in [0.5, 0.6) is 0 Å². The fourth-order valence-corrected chi connectivity index (χ4v) is 4.66. The first-order valence-corrected chi connectivity index (χ1v) is 11.8. The summed E-state index contributed by atoms with van der Waals surface area (Å²) in [4.78, 5) is 27.5. The van der Waals surface area contributed by atoms with Crippen LogP contribution in [0, 0.1) is 5.82 Å². The van der Waals surface area contributed by atoms with Crippen molar-refractivity contribution in [3.8, 4) is 0 Å². The van der Waals surface area contributed by atoms with Gasteiger partial charge >= 0.3 is 0 Å². The maximum atomic E-state index is 13.6. The summed E-state index contributed by atoms with van der Waals surface area (Å²) in [5.74, 6) is -0.407. The zero-order valence-corrected chi connectivity index (χ0v) is 19.8. The Balaban J connectivity index is 1.32. The Morgan fingerprint density at radius 3 is 2.63 bits per heavy atom. The smallest absolute Gasteiger partial charge is 0.260 e. The molecule has 2 aromatic carbocycles. The van der Waals surface area contributed by atoms with Gasteiger partial charge in [-0.3, -0.25) is 14.5 Å². The van der Waals surface area contributed by atoms with Crippen molar-refractivity contribution in [3.63, 3.8) is 0 Å². The molecule has 7 nitrogen and oxygen atoms in total. The van der Waals surface area contributed by atoms with E-state index in [0.29, 0.717) is 34.7 Å². The van der Waals surface area contributed by atoms with E-state index in [2.05, 4.69) is 15.5 Å². The Morgan fingerprint density at radius 1 is 1.14 bits per heavy atom. The molecular weight excluding hydrogens is 449 g/mol. The lowest BCUT2D eigenvalue weighted by atomic mass is 9.91. The molecule has 2 aromatic rings. The molecule has 0 atom stereocenters. The monoisotopic (exact) mass is 477 g/mol. The van der Waals surface area contributed by atoms with Gasteiger partial charge in [0.15, 0.2) is 0 Å². The van der Waals surface area contributed by atoms with Gasteiger partial charge in [0.2, 0.25) is 0 Å². The predicted molar refractivity (Wildman–Crippen MR) is 131 cm³/mol. The normalized spacial score (nSPS) is 21.2. The number of anilines is 1. The minimum Gasteiger partial charge on any atom is -0.482 e. The minimum absolute atomic E-state index is 0.116. The van der Waals surface area contributed by atoms with Crippen LogP contribution in [0.1, 0.15) is 35.3 Å². The number of benzene rings is 2. The number of ether oxygens (including phenoxy) is 2. The van der Waals surface area contributed by atoms with Crippen molar-refractivity contribution in [2.45, 2.75) is 19.4 Å². The minimum atomic E-state index is -0.687. The highest BCUT2D eigenvalue weighted by Gasteiger charge is 2.38. The molecule has 2 amide bonds. The lowest BCUT2D eigenvalue weighted by Gasteiger charge is -2.26. The van der Waals surface area contributed by atoms with E-state index in [1.54, 1.807) is 18.2 Å². The summed E-state index contributed by atoms with van der Waals surface area (Å²) in [6.07, 6.45) is 1.85. The molecule has 0 unspecified atom stereocenters. The number of carbonyl (C=O) groups excluding carboxylic acids is 2. The van der Waals surface area contributed by atoms with Gasteiger partial charge in [0, 0.05) is 42.9 Å². The molecule has 0 aromatic heterocycles. The maximum Gasteiger partial charge on any atom is 0.260 e. The van der Waals surface area contributed by atoms with Crippen molar-refractivity contribution in [3.05, 3.63) is 76.8 Å². The van der Waals surface area contributed by atoms with Gasteiger partial charge in [0.05, 0.1) is 24.5 Å². The Kier molecular flexibility index (Phi) is 6.17. The summed E-state index contributed by atoms with van der Waals surface area (Å²) in [6.45, 7) is 8.48. The average molecular weight is 478 g/mol. The highest BCUT2D eigenvalue weighted by molar-refractivity contribution is 6.32. The van der Waals surface area contributed by atoms with Gasteiger partial charge in [0.25, 0.3) is 11.8 Å². The second-order valence-electron chi connectivity index (χ2n) is 9.34. The van der Waals surface area contributed by atoms with Crippen molar-refractivity contribution in [2.75, 3.05) is 44.7 Å². The van der Waals surface area contributed by atoms with E-state index in [1.165, 1.54) is 12.1 Å². The zero-order chi connectivity index (χ0) is 24.6. The van der Waals surface area contributed by atoms with Gasteiger partial charge in [-0.2, -0.15) is 0 Å². The molecule has 0 bridgehead atoms. The largest absolute Gasteiger partial charge is 0.482 e. The molecule has 0 radical (unpaired) electrons. The quantitative estimate of drug-likeness (QED) is 0.645. The van der Waals surface area contributed by atoms with Crippen LogP contribution >= 0.6 is 0 Å². The number of halogens is 1. The van der Waals surface area contributed by atoms with Crippen LogP contribution in [0.3, 0.4) is 0 Å². The number of nitrogens with zero attached hydrogens (tertiary/aromatic N) is 1. The van der Waals surface area contributed by atoms with Crippen molar-refractivity contribution in [2.24, 2.45) is 0 Å². The molecule has 1 saturated heterocycles. The zero-order valence-electron chi connectivity index (χ0n) is 19.8. The van der Waals surface area contributed by atoms with E-state index in [-0.39, 0.29) is 11.8 Å². The third-order valence-corrected chi connectivity index (χ3v) is 6.54. The van der Waals surface area contributed by atoms with E-state index in [0.717, 1.165) is 44.0 Å². The van der Waals surface area contributed by atoms with Crippen LogP contribution in [0.15, 0.2) is 54.3 Å². The average Bonchev–Trinajstić information content (AvgIpc) is 3.33. The molecule has 8 heteroatoms. The Morgan fingerprint density at radius 2 is 1.89 bits per heavy atom. The molecule has 2 N–H and O–H groups in total. The number of hydrogen-bond donors (Lipinski definition) is 2. The van der Waals surface area contributed by atoms with Crippen LogP contribution in [0.25, 0.3) is 11.1 Å². The van der Waals surface area contributed by atoms with Crippen LogP contribution in [-0.2, 0) is 14.3 Å². The Labute approximate surface area is 203 Å². The summed E-state index contributed by atoms with van der Waals surface area (Å²) in [6, 6.07) is 11.6. The van der Waals surface area contributed by atoms with Crippen molar-refractivity contribution < 1.29 is 23.5 Å². The van der Waals surface area contributed by atoms with Gasteiger partial charge < -0.3 is 20.1 Å². The fourth-order valence-electron chi connectivity index (χ4n) is 4.66. The van der Waals surface area contributed by atoms with Crippen molar-refractivity contribution in [1.29, 1.82) is 0 Å². The summed E-state index contributed by atoms with van der Waals surface area (Å²) in [5.41, 5.74) is 3.12. The number of amides is 2. The first-order chi connectivity index (χ1) is 16.8. The number of nitrogens with one attached hydrogen (secondary N) is 2. The molecule has 1 fully saturated rings. The maximum absolute atomic E-state index is 13.6. The van der Waals surface area contributed by atoms with Crippen LogP contribution in [0.4, 0.5) is 10.1 Å². The molecule has 3 aliphatic heterocycles. The van der Waals surface area contributed by atoms with Crippen molar-refractivity contribution in [1.82, 2.24) is 10.2 Å². The van der Waals surface area contributed by atoms with Crippen molar-refractivity contribution >= 4 is 28.6 Å². The van der Waals surface area contributed by atoms with Crippen LogP contribution in [0.2, 0.25) is 0 Å². The number of allylic oxidation sites excluding steroid dienone is 1. The molecule has 3 aliphatic rings. The molecule has 0 spiro atoms. The first-order valence-electron chi connectivity index (χ1n) is 11.8. The fraction of sp³-hybridized carbons (Fsp3) is 0.333. The number of morpholine rings is 1. The second kappa shape index (κ2) is 9.28. The van der Waals surface area contributed by atoms with Gasteiger partial charge in [-0.1, -0.05) is 12.1 Å². The number of hydrogen-bond acceptors (Lipinski definition) is 5. The third-order valence-electron chi connectivity index (χ3n) is 6.54.